The number of amides is 1. The topological polar surface area (TPSA) is 96.5 Å². The Hall–Kier alpha value is -0.860. The monoisotopic (exact) mass is 265 g/mol. The van der Waals surface area contributed by atoms with Crippen LogP contribution in [0.2, 0.25) is 0 Å². The molecule has 1 rings (SSSR count). The molecule has 0 aromatic heterocycles. The Kier molecular flexibility index (Phi) is 4.72. The fourth-order valence-corrected chi connectivity index (χ4v) is 2.53. The lowest BCUT2D eigenvalue weighted by molar-refractivity contribution is 0.158. The van der Waals surface area contributed by atoms with Crippen LogP contribution in [0.3, 0.4) is 0 Å². The van der Waals surface area contributed by atoms with E-state index in [2.05, 4.69) is 14.8 Å². The number of carbonyl (C=O) groups is 1. The average molecular weight is 265 g/mol. The highest BCUT2D eigenvalue weighted by Gasteiger charge is 2.29. The van der Waals surface area contributed by atoms with Crippen molar-refractivity contribution >= 4 is 16.3 Å². The molecule has 1 aliphatic heterocycles. The standard InChI is InChI=1S/C9H19N3O4S/c1-3-16-8(13)12-17(14,15)11-7-9(2)5-4-6-10-9/h10-11H,3-7H2,1-2H3,(H,12,13). The highest BCUT2D eigenvalue weighted by atomic mass is 32.2. The lowest BCUT2D eigenvalue weighted by Crippen LogP contribution is -2.50. The predicted octanol–water partition coefficient (Wildman–Crippen LogP) is -0.291. The maximum atomic E-state index is 11.5. The van der Waals surface area contributed by atoms with Crippen molar-refractivity contribution in [2.75, 3.05) is 19.7 Å². The van der Waals surface area contributed by atoms with E-state index in [4.69, 9.17) is 0 Å². The lowest BCUT2D eigenvalue weighted by atomic mass is 10.0. The zero-order chi connectivity index (χ0) is 12.9. The first kappa shape index (κ1) is 14.2. The molecule has 1 atom stereocenters. The van der Waals surface area contributed by atoms with Crippen molar-refractivity contribution in [3.05, 3.63) is 0 Å². The molecule has 8 heteroatoms. The summed E-state index contributed by atoms with van der Waals surface area (Å²) in [4.78, 5) is 11.0. The Morgan fingerprint density at radius 1 is 1.53 bits per heavy atom. The number of ether oxygens (including phenoxy) is 1. The predicted molar refractivity (Wildman–Crippen MR) is 62.7 cm³/mol. The van der Waals surface area contributed by atoms with E-state index < -0.39 is 16.3 Å². The average Bonchev–Trinajstić information content (AvgIpc) is 2.63. The minimum absolute atomic E-state index is 0.126. The fraction of sp³-hybridized carbons (Fsp3) is 0.889. The number of hydrogen-bond donors (Lipinski definition) is 3. The van der Waals surface area contributed by atoms with Crippen LogP contribution in [0.15, 0.2) is 0 Å². The van der Waals surface area contributed by atoms with Gasteiger partial charge in [0.15, 0.2) is 0 Å². The van der Waals surface area contributed by atoms with Crippen molar-refractivity contribution in [2.45, 2.75) is 32.2 Å². The van der Waals surface area contributed by atoms with E-state index in [0.717, 1.165) is 19.4 Å². The smallest absolute Gasteiger partial charge is 0.421 e. The van der Waals surface area contributed by atoms with Gasteiger partial charge in [0, 0.05) is 12.1 Å². The first-order chi connectivity index (χ1) is 7.87. The second-order valence-electron chi connectivity index (χ2n) is 4.24. The van der Waals surface area contributed by atoms with Gasteiger partial charge >= 0.3 is 16.3 Å². The molecule has 0 radical (unpaired) electrons. The highest BCUT2D eigenvalue weighted by Crippen LogP contribution is 2.17. The van der Waals surface area contributed by atoms with Crippen LogP contribution in [0.25, 0.3) is 0 Å². The zero-order valence-corrected chi connectivity index (χ0v) is 10.9. The SMILES string of the molecule is CCOC(=O)NS(=O)(=O)NCC1(C)CCCN1. The third-order valence-electron chi connectivity index (χ3n) is 2.60. The van der Waals surface area contributed by atoms with Gasteiger partial charge in [0.1, 0.15) is 0 Å². The molecule has 1 unspecified atom stereocenters. The molecule has 1 saturated heterocycles. The summed E-state index contributed by atoms with van der Waals surface area (Å²) in [5, 5.41) is 3.21. The summed E-state index contributed by atoms with van der Waals surface area (Å²) in [6.07, 6.45) is 0.947. The molecule has 100 valence electrons. The molecule has 0 aromatic rings. The molecular formula is C9H19N3O4S. The van der Waals surface area contributed by atoms with Gasteiger partial charge in [0.25, 0.3) is 0 Å². The summed E-state index contributed by atoms with van der Waals surface area (Å²) in [7, 11) is -3.84. The molecule has 7 nitrogen and oxygen atoms in total. The van der Waals surface area contributed by atoms with Crippen LogP contribution in [0.5, 0.6) is 0 Å². The normalized spacial score (nSPS) is 24.6. The van der Waals surface area contributed by atoms with E-state index in [9.17, 15) is 13.2 Å². The van der Waals surface area contributed by atoms with Gasteiger partial charge in [-0.2, -0.15) is 13.1 Å². The number of nitrogens with one attached hydrogen (secondary N) is 3. The van der Waals surface area contributed by atoms with Crippen molar-refractivity contribution in [3.63, 3.8) is 0 Å². The molecule has 0 spiro atoms. The van der Waals surface area contributed by atoms with Crippen molar-refractivity contribution < 1.29 is 17.9 Å². The molecule has 1 heterocycles. The summed E-state index contributed by atoms with van der Waals surface area (Å²) >= 11 is 0. The minimum Gasteiger partial charge on any atom is -0.449 e. The Morgan fingerprint density at radius 3 is 2.76 bits per heavy atom. The van der Waals surface area contributed by atoms with Crippen LogP contribution in [-0.4, -0.2) is 39.7 Å². The van der Waals surface area contributed by atoms with Gasteiger partial charge in [-0.25, -0.2) is 9.52 Å². The third-order valence-corrected chi connectivity index (χ3v) is 3.56. The van der Waals surface area contributed by atoms with Crippen molar-refractivity contribution in [3.8, 4) is 0 Å². The Morgan fingerprint density at radius 2 is 2.24 bits per heavy atom. The molecule has 17 heavy (non-hydrogen) atoms. The lowest BCUT2D eigenvalue weighted by Gasteiger charge is -2.24. The molecule has 1 amide bonds. The summed E-state index contributed by atoms with van der Waals surface area (Å²) in [5.74, 6) is 0. The van der Waals surface area contributed by atoms with E-state index in [0.29, 0.717) is 0 Å². The molecule has 0 aromatic carbocycles. The fourth-order valence-electron chi connectivity index (χ4n) is 1.67. The van der Waals surface area contributed by atoms with Crippen LogP contribution in [0, 0.1) is 0 Å². The van der Waals surface area contributed by atoms with Crippen molar-refractivity contribution in [1.82, 2.24) is 14.8 Å². The maximum Gasteiger partial charge on any atom is 0.421 e. The van der Waals surface area contributed by atoms with Gasteiger partial charge < -0.3 is 10.1 Å². The van der Waals surface area contributed by atoms with E-state index >= 15 is 0 Å². The summed E-state index contributed by atoms with van der Waals surface area (Å²) in [6.45, 7) is 4.78. The van der Waals surface area contributed by atoms with E-state index in [1.54, 1.807) is 11.6 Å². The molecule has 1 aliphatic rings. The Bertz CT molecular complexity index is 362. The van der Waals surface area contributed by atoms with Crippen LogP contribution in [0.4, 0.5) is 4.79 Å². The minimum atomic E-state index is -3.84. The van der Waals surface area contributed by atoms with Gasteiger partial charge in [-0.3, -0.25) is 0 Å². The first-order valence-electron chi connectivity index (χ1n) is 5.56. The summed E-state index contributed by atoms with van der Waals surface area (Å²) in [6, 6.07) is 0. The van der Waals surface area contributed by atoms with Gasteiger partial charge in [0.2, 0.25) is 0 Å². The van der Waals surface area contributed by atoms with Crippen LogP contribution in [0.1, 0.15) is 26.7 Å². The highest BCUT2D eigenvalue weighted by molar-refractivity contribution is 7.88. The molecule has 0 bridgehead atoms. The largest absolute Gasteiger partial charge is 0.449 e. The molecule has 3 N–H and O–H groups in total. The summed E-state index contributed by atoms with van der Waals surface area (Å²) in [5.41, 5.74) is -0.247. The van der Waals surface area contributed by atoms with Gasteiger partial charge in [-0.05, 0) is 33.2 Å². The first-order valence-corrected chi connectivity index (χ1v) is 7.04. The molecule has 0 saturated carbocycles. The number of hydrogen-bond acceptors (Lipinski definition) is 5. The quantitative estimate of drug-likeness (QED) is 0.634. The zero-order valence-electron chi connectivity index (χ0n) is 10.1. The maximum absolute atomic E-state index is 11.5. The third kappa shape index (κ3) is 4.88. The van der Waals surface area contributed by atoms with Crippen LogP contribution >= 0.6 is 0 Å². The van der Waals surface area contributed by atoms with E-state index in [-0.39, 0.29) is 18.7 Å². The second kappa shape index (κ2) is 5.65. The molecule has 1 fully saturated rings. The second-order valence-corrected chi connectivity index (χ2v) is 5.74. The molecular weight excluding hydrogens is 246 g/mol. The van der Waals surface area contributed by atoms with E-state index in [1.807, 2.05) is 6.92 Å². The van der Waals surface area contributed by atoms with Crippen molar-refractivity contribution in [2.24, 2.45) is 0 Å². The van der Waals surface area contributed by atoms with Gasteiger partial charge in [-0.15, -0.1) is 0 Å². The Labute approximate surface area is 101 Å². The molecule has 0 aliphatic carbocycles. The number of carbonyl (C=O) groups excluding carboxylic acids is 1. The Balaban J connectivity index is 2.41. The van der Waals surface area contributed by atoms with Crippen molar-refractivity contribution in [1.29, 1.82) is 0 Å². The van der Waals surface area contributed by atoms with E-state index in [1.165, 1.54) is 0 Å². The summed E-state index contributed by atoms with van der Waals surface area (Å²) < 4.78 is 31.5. The van der Waals surface area contributed by atoms with Crippen LogP contribution < -0.4 is 14.8 Å². The van der Waals surface area contributed by atoms with Crippen LogP contribution in [-0.2, 0) is 14.9 Å². The van der Waals surface area contributed by atoms with Gasteiger partial charge in [-0.1, -0.05) is 0 Å². The van der Waals surface area contributed by atoms with Gasteiger partial charge in [0.05, 0.1) is 6.61 Å². The number of rotatable bonds is 5.